The van der Waals surface area contributed by atoms with Crippen LogP contribution in [0.1, 0.15) is 63.7 Å². The van der Waals surface area contributed by atoms with Crippen LogP contribution in [0.2, 0.25) is 5.02 Å². The first kappa shape index (κ1) is 26.2. The third-order valence-electron chi connectivity index (χ3n) is 5.17. The summed E-state index contributed by atoms with van der Waals surface area (Å²) in [6.45, 7) is 7.52. The Bertz CT molecular complexity index is 1250. The van der Waals surface area contributed by atoms with Crippen molar-refractivity contribution in [1.29, 1.82) is 0 Å². The van der Waals surface area contributed by atoms with Crippen LogP contribution in [-0.2, 0) is 11.3 Å². The Labute approximate surface area is 213 Å². The third kappa shape index (κ3) is 6.17. The molecular weight excluding hydrogens is 486 g/mol. The van der Waals surface area contributed by atoms with Gasteiger partial charge >= 0.3 is 0 Å². The van der Waals surface area contributed by atoms with Gasteiger partial charge in [0.1, 0.15) is 10.9 Å². The van der Waals surface area contributed by atoms with E-state index in [4.69, 9.17) is 23.1 Å². The summed E-state index contributed by atoms with van der Waals surface area (Å²) >= 11 is 7.18. The topological polar surface area (TPSA) is 131 Å². The molecule has 8 nitrogen and oxygen atoms in total. The molecule has 1 heterocycles. The SMILES string of the molecule is Cc1ccc(C(C(=O)NC(C)(C)C)N(Cc2ccccc2Cl)C(=O)c2snc(C(N)=O)c2N)cc1. The molecule has 1 unspecified atom stereocenters. The second kappa shape index (κ2) is 10.5. The molecule has 184 valence electrons. The number of nitrogens with zero attached hydrogens (tertiary/aromatic N) is 2. The van der Waals surface area contributed by atoms with Gasteiger partial charge in [-0.3, -0.25) is 14.4 Å². The summed E-state index contributed by atoms with van der Waals surface area (Å²) in [6.07, 6.45) is 0. The number of amides is 3. The number of anilines is 1. The molecule has 0 aliphatic carbocycles. The quantitative estimate of drug-likeness (QED) is 0.438. The summed E-state index contributed by atoms with van der Waals surface area (Å²) in [7, 11) is 0. The first-order valence-electron chi connectivity index (χ1n) is 10.9. The number of rotatable bonds is 7. The normalized spacial score (nSPS) is 12.1. The number of primary amides is 1. The predicted molar refractivity (Wildman–Crippen MR) is 138 cm³/mol. The second-order valence-corrected chi connectivity index (χ2v) is 10.4. The van der Waals surface area contributed by atoms with E-state index in [1.807, 2.05) is 39.8 Å². The minimum atomic E-state index is -1.02. The summed E-state index contributed by atoms with van der Waals surface area (Å²) in [5.41, 5.74) is 12.8. The average molecular weight is 514 g/mol. The first-order valence-corrected chi connectivity index (χ1v) is 12.0. The average Bonchev–Trinajstić information content (AvgIpc) is 3.15. The lowest BCUT2D eigenvalue weighted by atomic mass is 9.99. The highest BCUT2D eigenvalue weighted by Crippen LogP contribution is 2.32. The molecule has 35 heavy (non-hydrogen) atoms. The smallest absolute Gasteiger partial charge is 0.270 e. The molecule has 1 aromatic heterocycles. The Hall–Kier alpha value is -3.43. The number of carbonyl (C=O) groups excluding carboxylic acids is 3. The van der Waals surface area contributed by atoms with Crippen LogP contribution in [0.5, 0.6) is 0 Å². The van der Waals surface area contributed by atoms with Crippen molar-refractivity contribution in [1.82, 2.24) is 14.6 Å². The molecule has 1 atom stereocenters. The lowest BCUT2D eigenvalue weighted by molar-refractivity contribution is -0.127. The standard InChI is InChI=1S/C25H28ClN5O3S/c1-14-9-11-15(12-10-14)20(23(33)29-25(2,3)4)31(13-16-7-5-6-8-17(16)26)24(34)21-18(27)19(22(28)32)30-35-21/h5-12,20H,13,27H2,1-4H3,(H2,28,32)(H,29,33). The highest BCUT2D eigenvalue weighted by atomic mass is 35.5. The minimum Gasteiger partial charge on any atom is -0.395 e. The van der Waals surface area contributed by atoms with E-state index in [9.17, 15) is 14.4 Å². The molecule has 5 N–H and O–H groups in total. The van der Waals surface area contributed by atoms with Crippen molar-refractivity contribution in [3.63, 3.8) is 0 Å². The number of nitrogens with two attached hydrogens (primary N) is 2. The van der Waals surface area contributed by atoms with Gasteiger partial charge in [-0.2, -0.15) is 4.37 Å². The molecule has 10 heteroatoms. The number of aryl methyl sites for hydroxylation is 1. The molecule has 0 saturated heterocycles. The Morgan fingerprint density at radius 1 is 1.11 bits per heavy atom. The summed E-state index contributed by atoms with van der Waals surface area (Å²) < 4.78 is 3.96. The van der Waals surface area contributed by atoms with Gasteiger partial charge in [-0.1, -0.05) is 59.6 Å². The zero-order chi connectivity index (χ0) is 25.9. The Kier molecular flexibility index (Phi) is 7.82. The molecule has 0 saturated carbocycles. The van der Waals surface area contributed by atoms with E-state index >= 15 is 0 Å². The van der Waals surface area contributed by atoms with Crippen LogP contribution in [0.3, 0.4) is 0 Å². The highest BCUT2D eigenvalue weighted by molar-refractivity contribution is 7.09. The van der Waals surface area contributed by atoms with E-state index in [1.165, 1.54) is 4.90 Å². The van der Waals surface area contributed by atoms with Crippen molar-refractivity contribution in [2.45, 2.75) is 45.8 Å². The predicted octanol–water partition coefficient (Wildman–Crippen LogP) is 4.08. The van der Waals surface area contributed by atoms with Crippen LogP contribution in [0, 0.1) is 6.92 Å². The number of hydrogen-bond donors (Lipinski definition) is 3. The summed E-state index contributed by atoms with van der Waals surface area (Å²) in [4.78, 5) is 40.7. The van der Waals surface area contributed by atoms with Crippen molar-refractivity contribution in [2.75, 3.05) is 5.73 Å². The fraction of sp³-hybridized carbons (Fsp3) is 0.280. The molecule has 0 spiro atoms. The lowest BCUT2D eigenvalue weighted by Gasteiger charge is -2.34. The van der Waals surface area contributed by atoms with E-state index < -0.39 is 23.4 Å². The molecule has 3 rings (SSSR count). The number of nitrogen functional groups attached to an aromatic ring is 1. The first-order chi connectivity index (χ1) is 16.4. The van der Waals surface area contributed by atoms with E-state index in [2.05, 4.69) is 9.69 Å². The van der Waals surface area contributed by atoms with Crippen molar-refractivity contribution < 1.29 is 14.4 Å². The molecule has 0 bridgehead atoms. The van der Waals surface area contributed by atoms with Crippen molar-refractivity contribution in [3.05, 3.63) is 80.8 Å². The van der Waals surface area contributed by atoms with Crippen molar-refractivity contribution in [3.8, 4) is 0 Å². The zero-order valence-corrected chi connectivity index (χ0v) is 21.5. The van der Waals surface area contributed by atoms with Gasteiger partial charge in [0.05, 0.1) is 5.69 Å². The van der Waals surface area contributed by atoms with E-state index in [0.29, 0.717) is 16.1 Å². The number of hydrogen-bond acceptors (Lipinski definition) is 6. The van der Waals surface area contributed by atoms with E-state index in [0.717, 1.165) is 17.1 Å². The molecule has 3 aromatic rings. The van der Waals surface area contributed by atoms with Gasteiger partial charge in [-0.05, 0) is 56.4 Å². The maximum atomic E-state index is 13.9. The summed E-state index contributed by atoms with van der Waals surface area (Å²) in [6, 6.07) is 13.4. The van der Waals surface area contributed by atoms with Gasteiger partial charge in [0, 0.05) is 17.1 Å². The minimum absolute atomic E-state index is 0.0118. The van der Waals surface area contributed by atoms with E-state index in [1.54, 1.807) is 36.4 Å². The largest absolute Gasteiger partial charge is 0.395 e. The van der Waals surface area contributed by atoms with Crippen LogP contribution in [0.25, 0.3) is 0 Å². The number of nitrogens with one attached hydrogen (secondary N) is 1. The highest BCUT2D eigenvalue weighted by Gasteiger charge is 2.36. The van der Waals surface area contributed by atoms with Crippen LogP contribution >= 0.6 is 23.1 Å². The number of halogens is 1. The number of benzene rings is 2. The van der Waals surface area contributed by atoms with Crippen molar-refractivity contribution >= 4 is 46.5 Å². The monoisotopic (exact) mass is 513 g/mol. The van der Waals surface area contributed by atoms with Gasteiger partial charge in [0.2, 0.25) is 5.91 Å². The summed E-state index contributed by atoms with van der Waals surface area (Å²) in [5, 5.41) is 3.42. The summed E-state index contributed by atoms with van der Waals surface area (Å²) in [5.74, 6) is -1.78. The van der Waals surface area contributed by atoms with Gasteiger partial charge in [0.25, 0.3) is 11.8 Å². The third-order valence-corrected chi connectivity index (χ3v) is 6.39. The Morgan fingerprint density at radius 2 is 1.74 bits per heavy atom. The van der Waals surface area contributed by atoms with Gasteiger partial charge in [-0.15, -0.1) is 0 Å². The molecule has 0 radical (unpaired) electrons. The van der Waals surface area contributed by atoms with Crippen LogP contribution in [0.15, 0.2) is 48.5 Å². The Morgan fingerprint density at radius 3 is 2.29 bits per heavy atom. The van der Waals surface area contributed by atoms with Gasteiger partial charge < -0.3 is 21.7 Å². The van der Waals surface area contributed by atoms with Crippen LogP contribution < -0.4 is 16.8 Å². The molecule has 3 amide bonds. The number of carbonyl (C=O) groups is 3. The molecule has 0 aliphatic rings. The Balaban J connectivity index is 2.18. The van der Waals surface area contributed by atoms with Gasteiger partial charge in [0.15, 0.2) is 5.69 Å². The second-order valence-electron chi connectivity index (χ2n) is 9.22. The number of aromatic nitrogens is 1. The fourth-order valence-corrected chi connectivity index (χ4v) is 4.47. The van der Waals surface area contributed by atoms with E-state index in [-0.39, 0.29) is 28.7 Å². The van der Waals surface area contributed by atoms with Crippen LogP contribution in [-0.4, -0.2) is 32.5 Å². The molecule has 0 fully saturated rings. The van der Waals surface area contributed by atoms with Crippen molar-refractivity contribution in [2.24, 2.45) is 5.73 Å². The molecule has 2 aromatic carbocycles. The van der Waals surface area contributed by atoms with Crippen LogP contribution in [0.4, 0.5) is 5.69 Å². The molecule has 0 aliphatic heterocycles. The maximum Gasteiger partial charge on any atom is 0.270 e. The zero-order valence-electron chi connectivity index (χ0n) is 20.0. The lowest BCUT2D eigenvalue weighted by Crippen LogP contribution is -2.49. The maximum absolute atomic E-state index is 13.9. The van der Waals surface area contributed by atoms with Gasteiger partial charge in [-0.25, -0.2) is 0 Å². The molecular formula is C25H28ClN5O3S. The fourth-order valence-electron chi connectivity index (χ4n) is 3.51.